The molecule has 1 aromatic rings. The lowest BCUT2D eigenvalue weighted by Gasteiger charge is -2.23. The number of hydrogen-bond donors (Lipinski definition) is 2. The molecule has 0 amide bonds. The summed E-state index contributed by atoms with van der Waals surface area (Å²) >= 11 is 5.93. The molecule has 1 aliphatic heterocycles. The minimum atomic E-state index is -3.67. The van der Waals surface area contributed by atoms with Gasteiger partial charge in [0.1, 0.15) is 0 Å². The largest absolute Gasteiger partial charge is 0.392 e. The van der Waals surface area contributed by atoms with Crippen LogP contribution in [-0.2, 0) is 21.4 Å². The van der Waals surface area contributed by atoms with Gasteiger partial charge in [-0.05, 0) is 49.4 Å². The van der Waals surface area contributed by atoms with Crippen molar-refractivity contribution in [2.75, 3.05) is 13.2 Å². The topological polar surface area (TPSA) is 75.6 Å². The number of aliphatic hydroxyl groups is 1. The maximum atomic E-state index is 12.4. The Labute approximate surface area is 130 Å². The molecule has 118 valence electrons. The van der Waals surface area contributed by atoms with Gasteiger partial charge in [-0.2, -0.15) is 0 Å². The molecule has 7 heteroatoms. The van der Waals surface area contributed by atoms with E-state index < -0.39 is 10.0 Å². The number of nitrogens with one attached hydrogen (secondary N) is 1. The summed E-state index contributed by atoms with van der Waals surface area (Å²) in [6, 6.07) is 2.97. The fourth-order valence-electron chi connectivity index (χ4n) is 2.40. The SMILES string of the molecule is Cc1c(CO)cc(Cl)cc1S(=O)(=O)NCC1CCCCO1. The van der Waals surface area contributed by atoms with Crippen LogP contribution in [0.15, 0.2) is 17.0 Å². The molecular weight excluding hydrogens is 314 g/mol. The van der Waals surface area contributed by atoms with E-state index in [1.807, 2.05) is 0 Å². The molecule has 2 rings (SSSR count). The van der Waals surface area contributed by atoms with E-state index in [9.17, 15) is 13.5 Å². The molecule has 1 saturated heterocycles. The van der Waals surface area contributed by atoms with Crippen molar-refractivity contribution in [2.45, 2.75) is 43.8 Å². The standard InChI is InChI=1S/C14H20ClNO4S/c1-10-11(9-17)6-12(15)7-14(10)21(18,19)16-8-13-4-2-3-5-20-13/h6-7,13,16-17H,2-5,8-9H2,1H3. The molecule has 1 aliphatic rings. The summed E-state index contributed by atoms with van der Waals surface area (Å²) in [6.45, 7) is 2.34. The summed E-state index contributed by atoms with van der Waals surface area (Å²) < 4.78 is 32.9. The van der Waals surface area contributed by atoms with E-state index in [0.717, 1.165) is 19.3 Å². The number of halogens is 1. The van der Waals surface area contributed by atoms with E-state index in [-0.39, 0.29) is 24.2 Å². The highest BCUT2D eigenvalue weighted by Crippen LogP contribution is 2.24. The Morgan fingerprint density at radius 1 is 1.43 bits per heavy atom. The zero-order valence-corrected chi connectivity index (χ0v) is 13.5. The quantitative estimate of drug-likeness (QED) is 0.864. The molecule has 0 bridgehead atoms. The molecule has 0 spiro atoms. The third kappa shape index (κ3) is 4.17. The van der Waals surface area contributed by atoms with Crippen LogP contribution in [0.4, 0.5) is 0 Å². The zero-order valence-electron chi connectivity index (χ0n) is 11.9. The maximum Gasteiger partial charge on any atom is 0.240 e. The van der Waals surface area contributed by atoms with Crippen molar-refractivity contribution in [2.24, 2.45) is 0 Å². The molecule has 21 heavy (non-hydrogen) atoms. The van der Waals surface area contributed by atoms with Gasteiger partial charge in [0, 0.05) is 18.2 Å². The van der Waals surface area contributed by atoms with Crippen LogP contribution >= 0.6 is 11.6 Å². The first-order chi connectivity index (χ1) is 9.94. The predicted octanol–water partition coefficient (Wildman–Crippen LogP) is 1.99. The average Bonchev–Trinajstić information content (AvgIpc) is 2.48. The molecular formula is C14H20ClNO4S. The minimum Gasteiger partial charge on any atom is -0.392 e. The van der Waals surface area contributed by atoms with Gasteiger partial charge in [-0.3, -0.25) is 0 Å². The highest BCUT2D eigenvalue weighted by Gasteiger charge is 2.22. The second kappa shape index (κ2) is 7.07. The molecule has 5 nitrogen and oxygen atoms in total. The number of benzene rings is 1. The Balaban J connectivity index is 2.17. The van der Waals surface area contributed by atoms with Crippen molar-refractivity contribution in [3.8, 4) is 0 Å². The Morgan fingerprint density at radius 3 is 2.81 bits per heavy atom. The van der Waals surface area contributed by atoms with Gasteiger partial charge >= 0.3 is 0 Å². The molecule has 0 aromatic heterocycles. The Hall–Kier alpha value is -0.660. The van der Waals surface area contributed by atoms with E-state index in [2.05, 4.69) is 4.72 Å². The van der Waals surface area contributed by atoms with Crippen LogP contribution in [-0.4, -0.2) is 32.8 Å². The molecule has 1 fully saturated rings. The first-order valence-corrected chi connectivity index (χ1v) is 8.81. The Morgan fingerprint density at radius 2 is 2.19 bits per heavy atom. The summed E-state index contributed by atoms with van der Waals surface area (Å²) in [5.41, 5.74) is 1.02. The lowest BCUT2D eigenvalue weighted by Crippen LogP contribution is -2.35. The second-order valence-corrected chi connectivity index (χ2v) is 7.36. The number of rotatable bonds is 5. The highest BCUT2D eigenvalue weighted by atomic mass is 35.5. The summed E-state index contributed by atoms with van der Waals surface area (Å²) in [6.07, 6.45) is 2.86. The first-order valence-electron chi connectivity index (χ1n) is 6.95. The average molecular weight is 334 g/mol. The molecule has 1 heterocycles. The zero-order chi connectivity index (χ0) is 15.5. The van der Waals surface area contributed by atoms with Gasteiger partial charge in [0.15, 0.2) is 0 Å². The first kappa shape index (κ1) is 16.7. The molecule has 0 radical (unpaired) electrons. The Bertz CT molecular complexity index is 597. The van der Waals surface area contributed by atoms with Gasteiger partial charge in [-0.1, -0.05) is 11.6 Å². The normalized spacial score (nSPS) is 19.7. The van der Waals surface area contributed by atoms with Crippen LogP contribution in [0.1, 0.15) is 30.4 Å². The smallest absolute Gasteiger partial charge is 0.240 e. The van der Waals surface area contributed by atoms with Crippen molar-refractivity contribution >= 4 is 21.6 Å². The monoisotopic (exact) mass is 333 g/mol. The number of sulfonamides is 1. The van der Waals surface area contributed by atoms with Gasteiger partial charge in [0.2, 0.25) is 10.0 Å². The minimum absolute atomic E-state index is 0.0784. The number of ether oxygens (including phenoxy) is 1. The van der Waals surface area contributed by atoms with E-state index in [1.165, 1.54) is 6.07 Å². The van der Waals surface area contributed by atoms with Gasteiger partial charge in [-0.25, -0.2) is 13.1 Å². The van der Waals surface area contributed by atoms with Crippen molar-refractivity contribution in [1.82, 2.24) is 4.72 Å². The van der Waals surface area contributed by atoms with Gasteiger partial charge in [-0.15, -0.1) is 0 Å². The molecule has 0 aliphatic carbocycles. The second-order valence-electron chi connectivity index (χ2n) is 5.19. The molecule has 1 unspecified atom stereocenters. The highest BCUT2D eigenvalue weighted by molar-refractivity contribution is 7.89. The van der Waals surface area contributed by atoms with Gasteiger partial charge < -0.3 is 9.84 Å². The summed E-state index contributed by atoms with van der Waals surface area (Å²) in [4.78, 5) is 0.106. The number of aliphatic hydroxyl groups excluding tert-OH is 1. The third-order valence-electron chi connectivity index (χ3n) is 3.67. The van der Waals surface area contributed by atoms with Gasteiger partial charge in [0.25, 0.3) is 0 Å². The van der Waals surface area contributed by atoms with E-state index in [0.29, 0.717) is 22.8 Å². The van der Waals surface area contributed by atoms with Gasteiger partial charge in [0.05, 0.1) is 17.6 Å². The fraction of sp³-hybridized carbons (Fsp3) is 0.571. The van der Waals surface area contributed by atoms with E-state index in [1.54, 1.807) is 13.0 Å². The van der Waals surface area contributed by atoms with E-state index >= 15 is 0 Å². The van der Waals surface area contributed by atoms with E-state index in [4.69, 9.17) is 16.3 Å². The summed E-state index contributed by atoms with van der Waals surface area (Å²) in [5.74, 6) is 0. The van der Waals surface area contributed by atoms with Crippen LogP contribution in [0.5, 0.6) is 0 Å². The van der Waals surface area contributed by atoms with Crippen LogP contribution in [0.2, 0.25) is 5.02 Å². The fourth-order valence-corrected chi connectivity index (χ4v) is 4.08. The summed E-state index contributed by atoms with van der Waals surface area (Å²) in [7, 11) is -3.67. The lowest BCUT2D eigenvalue weighted by molar-refractivity contribution is 0.0200. The van der Waals surface area contributed by atoms with Crippen LogP contribution in [0, 0.1) is 6.92 Å². The van der Waals surface area contributed by atoms with Crippen molar-refractivity contribution < 1.29 is 18.3 Å². The van der Waals surface area contributed by atoms with Crippen LogP contribution < -0.4 is 4.72 Å². The predicted molar refractivity (Wildman–Crippen MR) is 80.9 cm³/mol. The summed E-state index contributed by atoms with van der Waals surface area (Å²) in [5, 5.41) is 9.56. The number of hydrogen-bond acceptors (Lipinski definition) is 4. The Kier molecular flexibility index (Phi) is 5.62. The maximum absolute atomic E-state index is 12.4. The molecule has 1 aromatic carbocycles. The van der Waals surface area contributed by atoms with Crippen molar-refractivity contribution in [3.05, 3.63) is 28.3 Å². The molecule has 1 atom stereocenters. The molecule has 2 N–H and O–H groups in total. The van der Waals surface area contributed by atoms with Crippen LogP contribution in [0.3, 0.4) is 0 Å². The van der Waals surface area contributed by atoms with Crippen molar-refractivity contribution in [1.29, 1.82) is 0 Å². The molecule has 0 saturated carbocycles. The lowest BCUT2D eigenvalue weighted by atomic mass is 10.1. The third-order valence-corrected chi connectivity index (χ3v) is 5.44. The van der Waals surface area contributed by atoms with Crippen molar-refractivity contribution in [3.63, 3.8) is 0 Å². The van der Waals surface area contributed by atoms with Crippen LogP contribution in [0.25, 0.3) is 0 Å².